The lowest BCUT2D eigenvalue weighted by molar-refractivity contribution is -0.119. The number of fused-ring (bicyclic) bond motifs is 3. The number of thioether (sulfide) groups is 1. The Kier molecular flexibility index (Phi) is 4.78. The highest BCUT2D eigenvalue weighted by molar-refractivity contribution is 7.99. The molecule has 1 amide bonds. The molecular formula is C20H25N3O2S. The number of aromatic nitrogens is 2. The number of para-hydroxylation sites is 1. The van der Waals surface area contributed by atoms with E-state index >= 15 is 0 Å². The zero-order valence-corrected chi connectivity index (χ0v) is 16.1. The van der Waals surface area contributed by atoms with E-state index in [1.54, 1.807) is 13.1 Å². The molecule has 0 aliphatic heterocycles. The minimum atomic E-state index is -0.0751. The SMILES string of the molecule is C[C@@H](NC(=O)CSc1nc2ccccc2c(=O)n1C)[C@@H]1C[C@H]2CC[C@H]1C2. The van der Waals surface area contributed by atoms with Gasteiger partial charge in [-0.25, -0.2) is 4.98 Å². The Morgan fingerprint density at radius 2 is 2.15 bits per heavy atom. The largest absolute Gasteiger partial charge is 0.353 e. The van der Waals surface area contributed by atoms with Crippen molar-refractivity contribution in [2.45, 2.75) is 43.8 Å². The Labute approximate surface area is 157 Å². The van der Waals surface area contributed by atoms with E-state index in [2.05, 4.69) is 17.2 Å². The third kappa shape index (κ3) is 3.27. The van der Waals surface area contributed by atoms with Crippen LogP contribution in [-0.4, -0.2) is 27.3 Å². The molecular weight excluding hydrogens is 346 g/mol. The van der Waals surface area contributed by atoms with Crippen molar-refractivity contribution < 1.29 is 4.79 Å². The second kappa shape index (κ2) is 7.06. The lowest BCUT2D eigenvalue weighted by Gasteiger charge is -2.28. The maximum Gasteiger partial charge on any atom is 0.261 e. The van der Waals surface area contributed by atoms with Gasteiger partial charge in [-0.2, -0.15) is 0 Å². The average molecular weight is 372 g/mol. The van der Waals surface area contributed by atoms with Gasteiger partial charge in [0.05, 0.1) is 16.7 Å². The van der Waals surface area contributed by atoms with Crippen molar-refractivity contribution in [2.24, 2.45) is 24.8 Å². The second-order valence-corrected chi connectivity index (χ2v) is 8.70. The van der Waals surface area contributed by atoms with E-state index in [1.165, 1.54) is 42.0 Å². The van der Waals surface area contributed by atoms with Crippen molar-refractivity contribution in [2.75, 3.05) is 5.75 Å². The number of rotatable bonds is 5. The van der Waals surface area contributed by atoms with E-state index in [1.807, 2.05) is 18.2 Å². The summed E-state index contributed by atoms with van der Waals surface area (Å²) in [7, 11) is 1.71. The number of carbonyl (C=O) groups excluding carboxylic acids is 1. The number of nitrogens with one attached hydrogen (secondary N) is 1. The van der Waals surface area contributed by atoms with Gasteiger partial charge in [-0.1, -0.05) is 30.3 Å². The van der Waals surface area contributed by atoms with E-state index in [-0.39, 0.29) is 23.3 Å². The third-order valence-electron chi connectivity index (χ3n) is 6.10. The molecule has 2 aliphatic rings. The molecule has 2 aromatic rings. The zero-order chi connectivity index (χ0) is 18.3. The first-order chi connectivity index (χ1) is 12.5. The lowest BCUT2D eigenvalue weighted by atomic mass is 9.84. The third-order valence-corrected chi connectivity index (χ3v) is 7.13. The van der Waals surface area contributed by atoms with Gasteiger partial charge < -0.3 is 5.32 Å². The molecule has 5 nitrogen and oxygen atoms in total. The molecule has 4 rings (SSSR count). The predicted octanol–water partition coefficient (Wildman–Crippen LogP) is 2.97. The highest BCUT2D eigenvalue weighted by atomic mass is 32.2. The maximum absolute atomic E-state index is 12.4. The summed E-state index contributed by atoms with van der Waals surface area (Å²) in [5.41, 5.74) is 0.600. The summed E-state index contributed by atoms with van der Waals surface area (Å²) in [4.78, 5) is 29.4. The first-order valence-corrected chi connectivity index (χ1v) is 10.4. The van der Waals surface area contributed by atoms with Gasteiger partial charge in [0, 0.05) is 13.1 Å². The van der Waals surface area contributed by atoms with Crippen LogP contribution in [0, 0.1) is 17.8 Å². The molecule has 1 aromatic carbocycles. The van der Waals surface area contributed by atoms with Crippen molar-refractivity contribution in [1.82, 2.24) is 14.9 Å². The van der Waals surface area contributed by atoms with Crippen LogP contribution in [0.3, 0.4) is 0 Å². The number of hydrogen-bond donors (Lipinski definition) is 1. The average Bonchev–Trinajstić information content (AvgIpc) is 3.27. The highest BCUT2D eigenvalue weighted by Crippen LogP contribution is 2.49. The number of amides is 1. The van der Waals surface area contributed by atoms with Crippen LogP contribution in [0.25, 0.3) is 10.9 Å². The van der Waals surface area contributed by atoms with E-state index in [4.69, 9.17) is 0 Å². The first-order valence-electron chi connectivity index (χ1n) is 9.41. The van der Waals surface area contributed by atoms with Crippen LogP contribution in [0.5, 0.6) is 0 Å². The molecule has 1 aromatic heterocycles. The first kappa shape index (κ1) is 17.6. The predicted molar refractivity (Wildman–Crippen MR) is 104 cm³/mol. The van der Waals surface area contributed by atoms with Crippen molar-refractivity contribution in [3.8, 4) is 0 Å². The molecule has 1 N–H and O–H groups in total. The molecule has 0 saturated heterocycles. The standard InChI is InChI=1S/C20H25N3O2S/c1-12(16-10-13-7-8-14(16)9-13)21-18(24)11-26-20-22-17-6-4-3-5-15(17)19(25)23(20)2/h3-6,12-14,16H,7-11H2,1-2H3,(H,21,24)/t12-,13+,14+,16+/m1/s1. The van der Waals surface area contributed by atoms with E-state index < -0.39 is 0 Å². The number of hydrogen-bond acceptors (Lipinski definition) is 4. The van der Waals surface area contributed by atoms with Crippen LogP contribution in [0.15, 0.2) is 34.2 Å². The monoisotopic (exact) mass is 371 g/mol. The van der Waals surface area contributed by atoms with Gasteiger partial charge in [-0.05, 0) is 56.1 Å². The molecule has 138 valence electrons. The van der Waals surface area contributed by atoms with Crippen LogP contribution < -0.4 is 10.9 Å². The number of benzene rings is 1. The van der Waals surface area contributed by atoms with Gasteiger partial charge in [0.1, 0.15) is 0 Å². The van der Waals surface area contributed by atoms with Gasteiger partial charge in [0.15, 0.2) is 5.16 Å². The summed E-state index contributed by atoms with van der Waals surface area (Å²) in [6.45, 7) is 2.14. The highest BCUT2D eigenvalue weighted by Gasteiger charge is 2.42. The molecule has 2 bridgehead atoms. The molecule has 2 saturated carbocycles. The normalized spacial score (nSPS) is 25.5. The Balaban J connectivity index is 1.39. The van der Waals surface area contributed by atoms with Crippen LogP contribution >= 0.6 is 11.8 Å². The van der Waals surface area contributed by atoms with Crippen LogP contribution in [0.1, 0.15) is 32.6 Å². The Morgan fingerprint density at radius 3 is 2.88 bits per heavy atom. The Bertz CT molecular complexity index is 894. The minimum Gasteiger partial charge on any atom is -0.353 e. The lowest BCUT2D eigenvalue weighted by Crippen LogP contribution is -2.41. The molecule has 0 spiro atoms. The fourth-order valence-corrected chi connectivity index (χ4v) is 5.55. The van der Waals surface area contributed by atoms with Crippen LogP contribution in [0.4, 0.5) is 0 Å². The minimum absolute atomic E-state index is 0.0210. The zero-order valence-electron chi connectivity index (χ0n) is 15.3. The van der Waals surface area contributed by atoms with Gasteiger partial charge in [0.25, 0.3) is 5.56 Å². The maximum atomic E-state index is 12.4. The quantitative estimate of drug-likeness (QED) is 0.648. The number of carbonyl (C=O) groups is 1. The molecule has 0 unspecified atom stereocenters. The molecule has 6 heteroatoms. The number of nitrogens with zero attached hydrogens (tertiary/aromatic N) is 2. The van der Waals surface area contributed by atoms with E-state index in [9.17, 15) is 9.59 Å². The van der Waals surface area contributed by atoms with E-state index in [0.29, 0.717) is 22.0 Å². The summed E-state index contributed by atoms with van der Waals surface area (Å²) in [5.74, 6) is 2.61. The molecule has 1 heterocycles. The van der Waals surface area contributed by atoms with Crippen LogP contribution in [-0.2, 0) is 11.8 Å². The van der Waals surface area contributed by atoms with Gasteiger partial charge in [-0.15, -0.1) is 0 Å². The molecule has 2 aliphatic carbocycles. The van der Waals surface area contributed by atoms with Gasteiger partial charge >= 0.3 is 0 Å². The van der Waals surface area contributed by atoms with Crippen LogP contribution in [0.2, 0.25) is 0 Å². The van der Waals surface area contributed by atoms with Crippen molar-refractivity contribution >= 4 is 28.6 Å². The summed E-state index contributed by atoms with van der Waals surface area (Å²) in [6.07, 6.45) is 5.31. The Hall–Kier alpha value is -1.82. The fourth-order valence-electron chi connectivity index (χ4n) is 4.77. The van der Waals surface area contributed by atoms with Gasteiger partial charge in [0.2, 0.25) is 5.91 Å². The molecule has 0 radical (unpaired) electrons. The summed E-state index contributed by atoms with van der Waals surface area (Å²) >= 11 is 1.32. The van der Waals surface area contributed by atoms with Crippen molar-refractivity contribution in [1.29, 1.82) is 0 Å². The Morgan fingerprint density at radius 1 is 1.35 bits per heavy atom. The summed E-state index contributed by atoms with van der Waals surface area (Å²) < 4.78 is 1.53. The fraction of sp³-hybridized carbons (Fsp3) is 0.550. The van der Waals surface area contributed by atoms with Crippen molar-refractivity contribution in [3.63, 3.8) is 0 Å². The van der Waals surface area contributed by atoms with Gasteiger partial charge in [-0.3, -0.25) is 14.2 Å². The second-order valence-electron chi connectivity index (χ2n) is 7.76. The smallest absolute Gasteiger partial charge is 0.261 e. The molecule has 4 atom stereocenters. The van der Waals surface area contributed by atoms with E-state index in [0.717, 1.165) is 11.8 Å². The summed E-state index contributed by atoms with van der Waals surface area (Å²) in [5, 5.41) is 4.36. The topological polar surface area (TPSA) is 64.0 Å². The summed E-state index contributed by atoms with van der Waals surface area (Å²) in [6, 6.07) is 7.54. The molecule has 2 fully saturated rings. The van der Waals surface area contributed by atoms with Crippen molar-refractivity contribution in [3.05, 3.63) is 34.6 Å². The molecule has 26 heavy (non-hydrogen) atoms.